The maximum Gasteiger partial charge on any atom is 0.116 e. The Morgan fingerprint density at radius 1 is 1.00 bits per heavy atom. The van der Waals surface area contributed by atoms with Crippen LogP contribution >= 0.6 is 0 Å². The number of hydrogen-bond acceptors (Lipinski definition) is 6. The molecule has 28 heavy (non-hydrogen) atoms. The minimum Gasteiger partial charge on any atom is -0.383 e. The fourth-order valence-electron chi connectivity index (χ4n) is 4.20. The standard InChI is InChI=1S/C22H33N5O/c1-28-15-14-25-10-12-26(13-11-25)18-19-4-6-20(7-5-19)21-16-24-22(17-23-21)27-8-2-3-9-27/h4-7,16-17,22,24H,2-3,8-15,18H2,1H3. The summed E-state index contributed by atoms with van der Waals surface area (Å²) in [5.74, 6) is 0. The van der Waals surface area contributed by atoms with E-state index in [2.05, 4.69) is 56.7 Å². The summed E-state index contributed by atoms with van der Waals surface area (Å²) in [5.41, 5.74) is 3.57. The van der Waals surface area contributed by atoms with E-state index in [0.717, 1.165) is 51.6 Å². The number of likely N-dealkylation sites (tertiary alicyclic amines) is 1. The third-order valence-electron chi connectivity index (χ3n) is 6.01. The molecule has 3 heterocycles. The highest BCUT2D eigenvalue weighted by Crippen LogP contribution is 2.20. The second-order valence-electron chi connectivity index (χ2n) is 7.97. The summed E-state index contributed by atoms with van der Waals surface area (Å²) in [4.78, 5) is 12.2. The minimum absolute atomic E-state index is 0.257. The molecule has 0 spiro atoms. The number of rotatable bonds is 7. The molecule has 1 aromatic carbocycles. The van der Waals surface area contributed by atoms with Crippen molar-refractivity contribution in [2.24, 2.45) is 4.99 Å². The number of aliphatic imine (C=N–C) groups is 1. The number of nitrogens with one attached hydrogen (secondary N) is 1. The molecule has 0 radical (unpaired) electrons. The van der Waals surface area contributed by atoms with Crippen molar-refractivity contribution in [1.82, 2.24) is 20.0 Å². The first-order chi connectivity index (χ1) is 13.8. The predicted octanol–water partition coefficient (Wildman–Crippen LogP) is 1.84. The maximum atomic E-state index is 5.18. The molecule has 3 aliphatic rings. The summed E-state index contributed by atoms with van der Waals surface area (Å²) in [6.45, 7) is 9.75. The van der Waals surface area contributed by atoms with Gasteiger partial charge in [-0.1, -0.05) is 24.3 Å². The third kappa shape index (κ3) is 5.00. The van der Waals surface area contributed by atoms with Crippen LogP contribution in [0.3, 0.4) is 0 Å². The Morgan fingerprint density at radius 2 is 1.71 bits per heavy atom. The highest BCUT2D eigenvalue weighted by molar-refractivity contribution is 5.79. The molecule has 2 saturated heterocycles. The van der Waals surface area contributed by atoms with Crippen LogP contribution in [0.1, 0.15) is 24.0 Å². The molecule has 1 atom stereocenters. The summed E-state index contributed by atoms with van der Waals surface area (Å²) >= 11 is 0. The SMILES string of the molecule is COCCN1CCN(Cc2ccc(C3=CNC(N4CCCC4)C=N3)cc2)CC1. The van der Waals surface area contributed by atoms with Crippen molar-refractivity contribution in [1.29, 1.82) is 0 Å². The largest absolute Gasteiger partial charge is 0.383 e. The van der Waals surface area contributed by atoms with E-state index in [1.165, 1.54) is 37.1 Å². The first-order valence-corrected chi connectivity index (χ1v) is 10.6. The molecule has 1 unspecified atom stereocenters. The average Bonchev–Trinajstić information content (AvgIpc) is 3.29. The number of hydrogen-bond donors (Lipinski definition) is 1. The molecule has 0 aliphatic carbocycles. The van der Waals surface area contributed by atoms with E-state index in [4.69, 9.17) is 9.73 Å². The normalized spacial score (nSPS) is 24.3. The molecular weight excluding hydrogens is 350 g/mol. The lowest BCUT2D eigenvalue weighted by Gasteiger charge is -2.34. The van der Waals surface area contributed by atoms with Crippen LogP contribution in [0.4, 0.5) is 0 Å². The second kappa shape index (κ2) is 9.65. The van der Waals surface area contributed by atoms with Gasteiger partial charge in [-0.25, -0.2) is 0 Å². The summed E-state index contributed by atoms with van der Waals surface area (Å²) < 4.78 is 5.18. The van der Waals surface area contributed by atoms with Gasteiger partial charge in [0, 0.05) is 77.4 Å². The number of nitrogens with zero attached hydrogens (tertiary/aromatic N) is 4. The molecule has 4 rings (SSSR count). The zero-order valence-corrected chi connectivity index (χ0v) is 17.0. The van der Waals surface area contributed by atoms with Crippen molar-refractivity contribution in [2.75, 3.05) is 59.5 Å². The summed E-state index contributed by atoms with van der Waals surface area (Å²) in [6.07, 6.45) is 6.97. The Balaban J connectivity index is 1.26. The lowest BCUT2D eigenvalue weighted by atomic mass is 10.1. The predicted molar refractivity (Wildman–Crippen MR) is 114 cm³/mol. The number of benzene rings is 1. The number of piperazine rings is 1. The molecule has 0 saturated carbocycles. The van der Waals surface area contributed by atoms with Crippen molar-refractivity contribution in [3.05, 3.63) is 41.6 Å². The van der Waals surface area contributed by atoms with Gasteiger partial charge in [-0.15, -0.1) is 0 Å². The fraction of sp³-hybridized carbons (Fsp3) is 0.591. The first kappa shape index (κ1) is 19.6. The van der Waals surface area contributed by atoms with Crippen LogP contribution in [0, 0.1) is 0 Å². The van der Waals surface area contributed by atoms with E-state index in [0.29, 0.717) is 0 Å². The van der Waals surface area contributed by atoms with E-state index < -0.39 is 0 Å². The van der Waals surface area contributed by atoms with Gasteiger partial charge >= 0.3 is 0 Å². The Morgan fingerprint density at radius 3 is 2.36 bits per heavy atom. The summed E-state index contributed by atoms with van der Waals surface area (Å²) in [5, 5.41) is 3.50. The van der Waals surface area contributed by atoms with E-state index in [9.17, 15) is 0 Å². The van der Waals surface area contributed by atoms with E-state index in [-0.39, 0.29) is 6.17 Å². The van der Waals surface area contributed by atoms with Gasteiger partial charge in [0.2, 0.25) is 0 Å². The van der Waals surface area contributed by atoms with Gasteiger partial charge in [0.05, 0.1) is 12.3 Å². The number of methoxy groups -OCH3 is 1. The van der Waals surface area contributed by atoms with E-state index >= 15 is 0 Å². The highest BCUT2D eigenvalue weighted by atomic mass is 16.5. The topological polar surface area (TPSA) is 43.3 Å². The molecule has 0 bridgehead atoms. The van der Waals surface area contributed by atoms with Crippen molar-refractivity contribution in [2.45, 2.75) is 25.6 Å². The highest BCUT2D eigenvalue weighted by Gasteiger charge is 2.21. The molecule has 152 valence electrons. The van der Waals surface area contributed by atoms with Gasteiger partial charge in [0.15, 0.2) is 0 Å². The smallest absolute Gasteiger partial charge is 0.116 e. The summed E-state index contributed by atoms with van der Waals surface area (Å²) in [7, 11) is 1.77. The Hall–Kier alpha value is -1.73. The van der Waals surface area contributed by atoms with Crippen molar-refractivity contribution in [3.8, 4) is 0 Å². The van der Waals surface area contributed by atoms with Gasteiger partial charge in [-0.05, 0) is 18.4 Å². The molecule has 0 aromatic heterocycles. The van der Waals surface area contributed by atoms with Gasteiger partial charge < -0.3 is 10.1 Å². The van der Waals surface area contributed by atoms with Crippen LogP contribution in [0.25, 0.3) is 5.70 Å². The monoisotopic (exact) mass is 383 g/mol. The second-order valence-corrected chi connectivity index (χ2v) is 7.97. The zero-order valence-electron chi connectivity index (χ0n) is 17.0. The molecule has 2 fully saturated rings. The summed E-state index contributed by atoms with van der Waals surface area (Å²) in [6, 6.07) is 8.89. The van der Waals surface area contributed by atoms with Crippen molar-refractivity contribution in [3.63, 3.8) is 0 Å². The molecule has 6 nitrogen and oxygen atoms in total. The lowest BCUT2D eigenvalue weighted by Crippen LogP contribution is -2.46. The molecule has 3 aliphatic heterocycles. The molecule has 6 heteroatoms. The van der Waals surface area contributed by atoms with Crippen LogP contribution < -0.4 is 5.32 Å². The van der Waals surface area contributed by atoms with Crippen LogP contribution in [0.2, 0.25) is 0 Å². The molecular formula is C22H33N5O. The Bertz CT molecular complexity index is 673. The van der Waals surface area contributed by atoms with Gasteiger partial charge in [0.1, 0.15) is 6.17 Å². The molecule has 1 N–H and O–H groups in total. The average molecular weight is 384 g/mol. The maximum absolute atomic E-state index is 5.18. The number of ether oxygens (including phenoxy) is 1. The van der Waals surface area contributed by atoms with Crippen LogP contribution in [-0.4, -0.2) is 86.6 Å². The van der Waals surface area contributed by atoms with Crippen molar-refractivity contribution < 1.29 is 4.74 Å². The minimum atomic E-state index is 0.257. The van der Waals surface area contributed by atoms with E-state index in [1.54, 1.807) is 7.11 Å². The first-order valence-electron chi connectivity index (χ1n) is 10.6. The zero-order chi connectivity index (χ0) is 19.2. The van der Waals surface area contributed by atoms with Gasteiger partial charge in [0.25, 0.3) is 0 Å². The quantitative estimate of drug-likeness (QED) is 0.778. The Kier molecular flexibility index (Phi) is 6.75. The van der Waals surface area contributed by atoms with Gasteiger partial charge in [-0.2, -0.15) is 0 Å². The fourth-order valence-corrected chi connectivity index (χ4v) is 4.20. The molecule has 0 amide bonds. The molecule has 1 aromatic rings. The van der Waals surface area contributed by atoms with Gasteiger partial charge in [-0.3, -0.25) is 19.7 Å². The van der Waals surface area contributed by atoms with E-state index in [1.807, 2.05) is 0 Å². The van der Waals surface area contributed by atoms with Crippen LogP contribution in [0.15, 0.2) is 35.5 Å². The van der Waals surface area contributed by atoms with Crippen molar-refractivity contribution >= 4 is 11.9 Å². The lowest BCUT2D eigenvalue weighted by molar-refractivity contribution is 0.0938. The third-order valence-corrected chi connectivity index (χ3v) is 6.01. The Labute approximate surface area is 168 Å². The van der Waals surface area contributed by atoms with Crippen LogP contribution in [0.5, 0.6) is 0 Å². The van der Waals surface area contributed by atoms with Crippen LogP contribution in [-0.2, 0) is 11.3 Å².